The molecular formula is C6H6N6NaO6. The second-order valence-electron chi connectivity index (χ2n) is 2.72. The van der Waals surface area contributed by atoms with Crippen molar-refractivity contribution < 1.29 is 0 Å². The zero-order chi connectivity index (χ0) is 13.7. The third-order valence-electron chi connectivity index (χ3n) is 1.36. The number of nitrogens with one attached hydrogen (secondary N) is 6. The summed E-state index contributed by atoms with van der Waals surface area (Å²) < 4.78 is 0. The van der Waals surface area contributed by atoms with Gasteiger partial charge in [0.05, 0.1) is 0 Å². The van der Waals surface area contributed by atoms with Gasteiger partial charge in [-0.2, -0.15) is 0 Å². The molecule has 2 rings (SSSR count). The molecule has 0 aliphatic carbocycles. The van der Waals surface area contributed by atoms with Crippen molar-refractivity contribution in [1.82, 2.24) is 29.9 Å². The number of hydrogen-bond donors (Lipinski definition) is 6. The molecule has 0 aromatic carbocycles. The zero-order valence-electron chi connectivity index (χ0n) is 9.45. The van der Waals surface area contributed by atoms with Crippen molar-refractivity contribution in [2.45, 2.75) is 0 Å². The van der Waals surface area contributed by atoms with Crippen molar-refractivity contribution in [3.05, 3.63) is 62.9 Å². The van der Waals surface area contributed by atoms with E-state index in [2.05, 4.69) is 0 Å². The van der Waals surface area contributed by atoms with Crippen LogP contribution in [0.1, 0.15) is 0 Å². The van der Waals surface area contributed by atoms with Crippen LogP contribution < -0.4 is 34.1 Å². The first-order valence-electron chi connectivity index (χ1n) is 4.22. The van der Waals surface area contributed by atoms with Gasteiger partial charge in [0.15, 0.2) is 0 Å². The number of H-pyrrole nitrogens is 6. The van der Waals surface area contributed by atoms with Crippen LogP contribution in [0.5, 0.6) is 0 Å². The normalized spacial score (nSPS) is 8.84. The van der Waals surface area contributed by atoms with E-state index in [1.165, 1.54) is 0 Å². The van der Waals surface area contributed by atoms with E-state index in [-0.39, 0.29) is 29.6 Å². The Morgan fingerprint density at radius 2 is 0.474 bits per heavy atom. The molecule has 0 atom stereocenters. The molecule has 2 aromatic rings. The van der Waals surface area contributed by atoms with Crippen molar-refractivity contribution in [2.75, 3.05) is 0 Å². The minimum Gasteiger partial charge on any atom is -0.259 e. The van der Waals surface area contributed by atoms with E-state index in [1.54, 1.807) is 29.9 Å². The smallest absolute Gasteiger partial charge is 0.259 e. The van der Waals surface area contributed by atoms with Crippen LogP contribution in [0, 0.1) is 0 Å². The van der Waals surface area contributed by atoms with Gasteiger partial charge in [-0.1, -0.05) is 0 Å². The third kappa shape index (κ3) is 6.35. The maximum absolute atomic E-state index is 10.2. The maximum Gasteiger partial charge on any atom is 0.330 e. The summed E-state index contributed by atoms with van der Waals surface area (Å²) in [5.74, 6) is 0. The van der Waals surface area contributed by atoms with Crippen LogP contribution in [0.3, 0.4) is 0 Å². The molecule has 13 heteroatoms. The number of rotatable bonds is 0. The van der Waals surface area contributed by atoms with Gasteiger partial charge in [-0.3, -0.25) is 29.9 Å². The van der Waals surface area contributed by atoms with Crippen molar-refractivity contribution in [3.8, 4) is 0 Å². The third-order valence-corrected chi connectivity index (χ3v) is 1.36. The molecule has 0 unspecified atom stereocenters. The number of aromatic amines is 6. The second kappa shape index (κ2) is 7.30. The summed E-state index contributed by atoms with van der Waals surface area (Å²) in [6.45, 7) is 0. The monoisotopic (exact) mass is 281 g/mol. The minimum absolute atomic E-state index is 0. The quantitative estimate of drug-likeness (QED) is 0.261. The molecule has 0 amide bonds. The van der Waals surface area contributed by atoms with Gasteiger partial charge in [0.25, 0.3) is 0 Å². The molecule has 12 nitrogen and oxygen atoms in total. The molecule has 0 aliphatic heterocycles. The molecule has 0 bridgehead atoms. The van der Waals surface area contributed by atoms with Crippen molar-refractivity contribution in [1.29, 1.82) is 0 Å². The summed E-state index contributed by atoms with van der Waals surface area (Å²) >= 11 is 0. The predicted molar refractivity (Wildman–Crippen MR) is 62.4 cm³/mol. The molecule has 6 N–H and O–H groups in total. The largest absolute Gasteiger partial charge is 0.330 e. The summed E-state index contributed by atoms with van der Waals surface area (Å²) in [5, 5.41) is 0. The average molecular weight is 281 g/mol. The Labute approximate surface area is 122 Å². The summed E-state index contributed by atoms with van der Waals surface area (Å²) in [6, 6.07) is 0. The molecule has 2 heterocycles. The van der Waals surface area contributed by atoms with Gasteiger partial charge in [-0.15, -0.1) is 0 Å². The fourth-order valence-corrected chi connectivity index (χ4v) is 0.806. The molecule has 0 spiro atoms. The van der Waals surface area contributed by atoms with Crippen LogP contribution in [0.15, 0.2) is 28.8 Å². The van der Waals surface area contributed by atoms with Crippen LogP contribution in [0.2, 0.25) is 0 Å². The fourth-order valence-electron chi connectivity index (χ4n) is 0.806. The van der Waals surface area contributed by atoms with Crippen LogP contribution in [-0.4, -0.2) is 59.5 Å². The first-order chi connectivity index (χ1) is 8.36. The van der Waals surface area contributed by atoms with Crippen LogP contribution >= 0.6 is 0 Å². The van der Waals surface area contributed by atoms with Crippen molar-refractivity contribution >= 4 is 29.6 Å². The van der Waals surface area contributed by atoms with Crippen LogP contribution in [-0.2, 0) is 0 Å². The summed E-state index contributed by atoms with van der Waals surface area (Å²) in [5.41, 5.74) is -4.81. The Morgan fingerprint density at radius 1 is 0.368 bits per heavy atom. The molecule has 0 fully saturated rings. The molecule has 0 aliphatic rings. The van der Waals surface area contributed by atoms with Gasteiger partial charge in [0.2, 0.25) is 0 Å². The van der Waals surface area contributed by atoms with Gasteiger partial charge in [0.1, 0.15) is 0 Å². The first-order valence-corrected chi connectivity index (χ1v) is 4.22. The Hall–Kier alpha value is -2.18. The van der Waals surface area contributed by atoms with E-state index in [4.69, 9.17) is 0 Å². The molecule has 2 aromatic heterocycles. The van der Waals surface area contributed by atoms with Crippen molar-refractivity contribution in [2.24, 2.45) is 0 Å². The van der Waals surface area contributed by atoms with E-state index < -0.39 is 34.1 Å². The van der Waals surface area contributed by atoms with Gasteiger partial charge >= 0.3 is 34.1 Å². The van der Waals surface area contributed by atoms with E-state index in [1.807, 2.05) is 0 Å². The molecule has 97 valence electrons. The number of hydrogen-bond acceptors (Lipinski definition) is 6. The zero-order valence-corrected chi connectivity index (χ0v) is 11.4. The summed E-state index contributed by atoms with van der Waals surface area (Å²) in [4.78, 5) is 71.8. The maximum atomic E-state index is 10.2. The van der Waals surface area contributed by atoms with Crippen LogP contribution in [0.4, 0.5) is 0 Å². The van der Waals surface area contributed by atoms with E-state index >= 15 is 0 Å². The topological polar surface area (TPSA) is 197 Å². The van der Waals surface area contributed by atoms with Gasteiger partial charge < -0.3 is 0 Å². The van der Waals surface area contributed by atoms with E-state index in [0.29, 0.717) is 0 Å². The molecule has 0 saturated heterocycles. The Balaban J connectivity index is 0.000000324. The van der Waals surface area contributed by atoms with Crippen molar-refractivity contribution in [3.63, 3.8) is 0 Å². The summed E-state index contributed by atoms with van der Waals surface area (Å²) in [7, 11) is 0. The first kappa shape index (κ1) is 16.8. The molecular weight excluding hydrogens is 275 g/mol. The Morgan fingerprint density at radius 3 is 0.579 bits per heavy atom. The average Bonchev–Trinajstić information content (AvgIpc) is 2.12. The second-order valence-corrected chi connectivity index (χ2v) is 2.72. The van der Waals surface area contributed by atoms with Gasteiger partial charge in [0, 0.05) is 29.6 Å². The Kier molecular flexibility index (Phi) is 6.46. The Bertz CT molecular complexity index is 633. The standard InChI is InChI=1S/2C3H3N3O3.Na/c2*7-1-4-2(8)6-3(9)5-1;/h2*(H3,4,5,6,7,8,9);. The van der Waals surface area contributed by atoms with Gasteiger partial charge in [-0.25, -0.2) is 28.8 Å². The fraction of sp³-hybridized carbons (Fsp3) is 0. The minimum atomic E-state index is -0.802. The van der Waals surface area contributed by atoms with Gasteiger partial charge in [-0.05, 0) is 0 Å². The van der Waals surface area contributed by atoms with E-state index in [0.717, 1.165) is 0 Å². The molecule has 19 heavy (non-hydrogen) atoms. The van der Waals surface area contributed by atoms with E-state index in [9.17, 15) is 28.8 Å². The predicted octanol–water partition coefficient (Wildman–Crippen LogP) is -4.88. The molecule has 1 radical (unpaired) electrons. The van der Waals surface area contributed by atoms with Crippen LogP contribution in [0.25, 0.3) is 0 Å². The molecule has 0 saturated carbocycles. The number of aromatic nitrogens is 6. The SMILES string of the molecule is O=c1[nH]c(=O)[nH]c(=O)[nH]1.O=c1[nH]c(=O)[nH]c(=O)[nH]1.[Na]. The summed E-state index contributed by atoms with van der Waals surface area (Å²) in [6.07, 6.45) is 0.